The van der Waals surface area contributed by atoms with Crippen LogP contribution in [0.3, 0.4) is 0 Å². The average molecular weight is 427 g/mol. The summed E-state index contributed by atoms with van der Waals surface area (Å²) < 4.78 is 0. The zero-order valence-electron chi connectivity index (χ0n) is 18.3. The van der Waals surface area contributed by atoms with Crippen LogP contribution in [0.1, 0.15) is 19.0 Å². The van der Waals surface area contributed by atoms with Crippen molar-refractivity contribution >= 4 is 33.9 Å². The second kappa shape index (κ2) is 10.3. The summed E-state index contributed by atoms with van der Waals surface area (Å²) >= 11 is 1.62. The van der Waals surface area contributed by atoms with Gasteiger partial charge in [0.25, 0.3) is 0 Å². The molecule has 0 amide bonds. The number of pyridine rings is 1. The maximum Gasteiger partial charge on any atom is 0.228 e. The SMILES string of the molecule is CCCN(C)CCNc1ccc(Nc2nccc(-c3sc(N(C)C)nc3C)n2)nc1. The maximum atomic E-state index is 4.65. The molecule has 160 valence electrons. The normalized spacial score (nSPS) is 11.0. The Balaban J connectivity index is 1.62. The maximum absolute atomic E-state index is 4.65. The number of likely N-dealkylation sites (N-methyl/N-ethyl adjacent to an activating group) is 1. The van der Waals surface area contributed by atoms with Gasteiger partial charge in [0.1, 0.15) is 5.82 Å². The first-order valence-electron chi connectivity index (χ1n) is 10.1. The molecule has 0 aliphatic heterocycles. The van der Waals surface area contributed by atoms with Crippen molar-refractivity contribution in [2.24, 2.45) is 0 Å². The Morgan fingerprint density at radius 2 is 1.87 bits per heavy atom. The van der Waals surface area contributed by atoms with Crippen molar-refractivity contribution in [2.45, 2.75) is 20.3 Å². The van der Waals surface area contributed by atoms with Gasteiger partial charge in [0.2, 0.25) is 5.95 Å². The van der Waals surface area contributed by atoms with Crippen molar-refractivity contribution in [1.29, 1.82) is 0 Å². The second-order valence-corrected chi connectivity index (χ2v) is 8.34. The van der Waals surface area contributed by atoms with E-state index in [1.807, 2.05) is 50.3 Å². The number of thiazole rings is 1. The molecule has 0 aromatic carbocycles. The lowest BCUT2D eigenvalue weighted by Gasteiger charge is -2.16. The molecule has 0 atom stereocenters. The standard InChI is InChI=1S/C21H30N8S/c1-6-12-29(5)13-11-22-16-7-8-18(24-14-16)27-20-23-10-9-17(26-20)19-15(2)25-21(30-19)28(3)4/h7-10,14,22H,6,11-13H2,1-5H3,(H,23,24,26,27). The Kier molecular flexibility index (Phi) is 7.53. The monoisotopic (exact) mass is 426 g/mol. The van der Waals surface area contributed by atoms with Crippen molar-refractivity contribution in [3.63, 3.8) is 0 Å². The highest BCUT2D eigenvalue weighted by Crippen LogP contribution is 2.33. The van der Waals surface area contributed by atoms with Gasteiger partial charge in [0, 0.05) is 33.4 Å². The molecule has 3 aromatic heterocycles. The van der Waals surface area contributed by atoms with Crippen LogP contribution in [0, 0.1) is 6.92 Å². The largest absolute Gasteiger partial charge is 0.383 e. The first kappa shape index (κ1) is 21.9. The number of aryl methyl sites for hydroxylation is 1. The predicted octanol–water partition coefficient (Wildman–Crippen LogP) is 3.87. The van der Waals surface area contributed by atoms with E-state index in [1.54, 1.807) is 17.5 Å². The topological polar surface area (TPSA) is 82.1 Å². The van der Waals surface area contributed by atoms with Crippen LogP contribution < -0.4 is 15.5 Å². The number of aromatic nitrogens is 4. The molecule has 0 saturated heterocycles. The van der Waals surface area contributed by atoms with Crippen molar-refractivity contribution in [2.75, 3.05) is 56.3 Å². The number of nitrogens with one attached hydrogen (secondary N) is 2. The molecule has 0 bridgehead atoms. The van der Waals surface area contributed by atoms with E-state index in [1.165, 1.54) is 6.42 Å². The molecular formula is C21H30N8S. The predicted molar refractivity (Wildman–Crippen MR) is 126 cm³/mol. The molecular weight excluding hydrogens is 396 g/mol. The summed E-state index contributed by atoms with van der Waals surface area (Å²) in [6, 6.07) is 5.84. The first-order chi connectivity index (χ1) is 14.5. The molecule has 30 heavy (non-hydrogen) atoms. The quantitative estimate of drug-likeness (QED) is 0.506. The molecule has 0 radical (unpaired) electrons. The first-order valence-corrected chi connectivity index (χ1v) is 10.9. The van der Waals surface area contributed by atoms with E-state index >= 15 is 0 Å². The molecule has 0 aliphatic rings. The number of rotatable bonds is 10. The summed E-state index contributed by atoms with van der Waals surface area (Å²) in [5.74, 6) is 1.22. The molecule has 0 saturated carbocycles. The summed E-state index contributed by atoms with van der Waals surface area (Å²) in [7, 11) is 6.12. The van der Waals surface area contributed by atoms with E-state index in [9.17, 15) is 0 Å². The molecule has 0 unspecified atom stereocenters. The van der Waals surface area contributed by atoms with Crippen LogP contribution in [0.15, 0.2) is 30.6 Å². The summed E-state index contributed by atoms with van der Waals surface area (Å²) in [6.07, 6.45) is 4.74. The number of hydrogen-bond donors (Lipinski definition) is 2. The number of hydrogen-bond acceptors (Lipinski definition) is 9. The Morgan fingerprint density at radius 3 is 2.53 bits per heavy atom. The molecule has 9 heteroatoms. The minimum absolute atomic E-state index is 0.515. The van der Waals surface area contributed by atoms with Crippen LogP contribution in [-0.2, 0) is 0 Å². The summed E-state index contributed by atoms with van der Waals surface area (Å²) in [5.41, 5.74) is 2.81. The lowest BCUT2D eigenvalue weighted by atomic mass is 10.3. The van der Waals surface area contributed by atoms with Gasteiger partial charge in [-0.2, -0.15) is 0 Å². The van der Waals surface area contributed by atoms with Crippen LogP contribution in [0.2, 0.25) is 0 Å². The van der Waals surface area contributed by atoms with Crippen LogP contribution >= 0.6 is 11.3 Å². The minimum atomic E-state index is 0.515. The van der Waals surface area contributed by atoms with E-state index in [4.69, 9.17) is 0 Å². The summed E-state index contributed by atoms with van der Waals surface area (Å²) in [5, 5.41) is 7.55. The Bertz CT molecular complexity index is 938. The van der Waals surface area contributed by atoms with Crippen LogP contribution in [0.25, 0.3) is 10.6 Å². The molecule has 8 nitrogen and oxygen atoms in total. The fourth-order valence-electron chi connectivity index (χ4n) is 2.93. The number of anilines is 4. The lowest BCUT2D eigenvalue weighted by molar-refractivity contribution is 0.348. The Morgan fingerprint density at radius 1 is 1.03 bits per heavy atom. The van der Waals surface area contributed by atoms with Crippen LogP contribution in [0.4, 0.5) is 22.6 Å². The second-order valence-electron chi connectivity index (χ2n) is 7.36. The Labute approximate surface area is 182 Å². The lowest BCUT2D eigenvalue weighted by Crippen LogP contribution is -2.25. The Hall–Kier alpha value is -2.78. The van der Waals surface area contributed by atoms with Crippen molar-refractivity contribution in [3.8, 4) is 10.6 Å². The van der Waals surface area contributed by atoms with Crippen molar-refractivity contribution < 1.29 is 0 Å². The molecule has 3 heterocycles. The van der Waals surface area contributed by atoms with E-state index in [2.05, 4.69) is 49.4 Å². The van der Waals surface area contributed by atoms with Crippen molar-refractivity contribution in [1.82, 2.24) is 24.8 Å². The van der Waals surface area contributed by atoms with Gasteiger partial charge in [-0.15, -0.1) is 0 Å². The molecule has 0 spiro atoms. The third-order valence-electron chi connectivity index (χ3n) is 4.49. The van der Waals surface area contributed by atoms with Gasteiger partial charge in [-0.05, 0) is 45.1 Å². The molecule has 0 fully saturated rings. The fourth-order valence-corrected chi connectivity index (χ4v) is 3.89. The zero-order chi connectivity index (χ0) is 21.5. The number of nitrogens with zero attached hydrogens (tertiary/aromatic N) is 6. The fraction of sp³-hybridized carbons (Fsp3) is 0.429. The van der Waals surface area contributed by atoms with Gasteiger partial charge in [0.15, 0.2) is 5.13 Å². The van der Waals surface area contributed by atoms with Crippen molar-refractivity contribution in [3.05, 3.63) is 36.3 Å². The van der Waals surface area contributed by atoms with E-state index in [0.717, 1.165) is 46.7 Å². The molecule has 2 N–H and O–H groups in total. The highest BCUT2D eigenvalue weighted by molar-refractivity contribution is 7.19. The van der Waals surface area contributed by atoms with Gasteiger partial charge in [-0.3, -0.25) is 0 Å². The molecule has 3 rings (SSSR count). The van der Waals surface area contributed by atoms with Gasteiger partial charge in [-0.1, -0.05) is 18.3 Å². The van der Waals surface area contributed by atoms with E-state index < -0.39 is 0 Å². The average Bonchev–Trinajstić information content (AvgIpc) is 3.12. The van der Waals surface area contributed by atoms with Gasteiger partial charge < -0.3 is 20.4 Å². The third kappa shape index (κ3) is 5.87. The highest BCUT2D eigenvalue weighted by atomic mass is 32.1. The summed E-state index contributed by atoms with van der Waals surface area (Å²) in [6.45, 7) is 7.19. The molecule has 0 aliphatic carbocycles. The van der Waals surface area contributed by atoms with Gasteiger partial charge >= 0.3 is 0 Å². The minimum Gasteiger partial charge on any atom is -0.383 e. The smallest absolute Gasteiger partial charge is 0.228 e. The van der Waals surface area contributed by atoms with Crippen LogP contribution in [-0.4, -0.2) is 65.6 Å². The highest BCUT2D eigenvalue weighted by Gasteiger charge is 2.13. The van der Waals surface area contributed by atoms with E-state index in [-0.39, 0.29) is 0 Å². The van der Waals surface area contributed by atoms with Crippen LogP contribution in [0.5, 0.6) is 0 Å². The van der Waals surface area contributed by atoms with E-state index in [0.29, 0.717) is 11.8 Å². The molecule has 3 aromatic rings. The third-order valence-corrected chi connectivity index (χ3v) is 5.84. The van der Waals surface area contributed by atoms with Gasteiger partial charge in [0.05, 0.1) is 28.1 Å². The van der Waals surface area contributed by atoms with Gasteiger partial charge in [-0.25, -0.2) is 19.9 Å². The zero-order valence-corrected chi connectivity index (χ0v) is 19.1. The summed E-state index contributed by atoms with van der Waals surface area (Å²) in [4.78, 5) is 23.4.